The number of ether oxygens (including phenoxy) is 4. The number of rotatable bonds is 9. The van der Waals surface area contributed by atoms with Crippen LogP contribution in [0.2, 0.25) is 10.0 Å². The van der Waals surface area contributed by atoms with Crippen LogP contribution in [0.4, 0.5) is 5.82 Å². The van der Waals surface area contributed by atoms with Crippen molar-refractivity contribution in [2.24, 2.45) is 5.73 Å². The third-order valence-electron chi connectivity index (χ3n) is 3.46. The maximum atomic E-state index is 12.3. The molecule has 0 radical (unpaired) electrons. The van der Waals surface area contributed by atoms with E-state index in [4.69, 9.17) is 47.9 Å². The molecule has 30 heavy (non-hydrogen) atoms. The predicted octanol–water partition coefficient (Wildman–Crippen LogP) is 2.07. The average molecular weight is 458 g/mol. The van der Waals surface area contributed by atoms with Crippen LogP contribution in [-0.2, 0) is 14.3 Å². The number of esters is 1. The van der Waals surface area contributed by atoms with Gasteiger partial charge in [-0.2, -0.15) is 0 Å². The van der Waals surface area contributed by atoms with E-state index in [-0.39, 0.29) is 33.7 Å². The molecule has 1 aromatic heterocycles. The number of methoxy groups -OCH3 is 2. The highest BCUT2D eigenvalue weighted by molar-refractivity contribution is 6.36. The number of primary amides is 1. The minimum atomic E-state index is -0.835. The van der Waals surface area contributed by atoms with E-state index in [0.29, 0.717) is 5.02 Å². The van der Waals surface area contributed by atoms with Crippen molar-refractivity contribution in [2.75, 3.05) is 32.8 Å². The fraction of sp³-hybridized carbons (Fsp3) is 0.222. The second kappa shape index (κ2) is 10.5. The van der Waals surface area contributed by atoms with E-state index in [0.717, 1.165) is 0 Å². The van der Waals surface area contributed by atoms with Crippen molar-refractivity contribution in [3.8, 4) is 17.2 Å². The zero-order valence-electron chi connectivity index (χ0n) is 15.9. The Morgan fingerprint density at radius 3 is 2.23 bits per heavy atom. The number of nitrogens with zero attached hydrogens (tertiary/aromatic N) is 1. The van der Waals surface area contributed by atoms with E-state index >= 15 is 0 Å². The molecule has 2 amide bonds. The van der Waals surface area contributed by atoms with E-state index in [1.54, 1.807) is 0 Å². The summed E-state index contributed by atoms with van der Waals surface area (Å²) in [6.45, 7) is -1.03. The second-order valence-corrected chi connectivity index (χ2v) is 6.42. The standard InChI is InChI=1S/C18H17Cl2N3O7/c1-27-12-3-9(4-13(28-2)16(12)29-7-14(21)24)18(26)30-8-15(25)23-17-11(20)5-10(19)6-22-17/h3-6H,7-8H2,1-2H3,(H2,21,24)(H,22,23,25). The summed E-state index contributed by atoms with van der Waals surface area (Å²) in [5, 5.41) is 2.82. The van der Waals surface area contributed by atoms with E-state index in [9.17, 15) is 14.4 Å². The van der Waals surface area contributed by atoms with Gasteiger partial charge in [0.1, 0.15) is 0 Å². The molecule has 0 unspecified atom stereocenters. The number of anilines is 1. The van der Waals surface area contributed by atoms with Gasteiger partial charge in [0.15, 0.2) is 30.5 Å². The van der Waals surface area contributed by atoms with Gasteiger partial charge in [-0.3, -0.25) is 9.59 Å². The van der Waals surface area contributed by atoms with Gasteiger partial charge < -0.3 is 30.0 Å². The van der Waals surface area contributed by atoms with E-state index in [1.165, 1.54) is 38.6 Å². The highest BCUT2D eigenvalue weighted by atomic mass is 35.5. The number of nitrogens with two attached hydrogens (primary N) is 1. The summed E-state index contributed by atoms with van der Waals surface area (Å²) >= 11 is 11.7. The SMILES string of the molecule is COc1cc(C(=O)OCC(=O)Nc2ncc(Cl)cc2Cl)cc(OC)c1OCC(N)=O. The number of hydrogen-bond donors (Lipinski definition) is 2. The molecule has 1 heterocycles. The van der Waals surface area contributed by atoms with Crippen LogP contribution in [0.3, 0.4) is 0 Å². The molecular formula is C18H17Cl2N3O7. The first kappa shape index (κ1) is 23.0. The summed E-state index contributed by atoms with van der Waals surface area (Å²) in [5.74, 6) is -1.85. The molecule has 160 valence electrons. The van der Waals surface area contributed by atoms with Crippen LogP contribution >= 0.6 is 23.2 Å². The lowest BCUT2D eigenvalue weighted by Crippen LogP contribution is -2.22. The molecule has 0 aliphatic heterocycles. The zero-order valence-corrected chi connectivity index (χ0v) is 17.4. The van der Waals surface area contributed by atoms with Crippen LogP contribution in [0.5, 0.6) is 17.2 Å². The summed E-state index contributed by atoms with van der Waals surface area (Å²) in [6, 6.07) is 4.01. The summed E-state index contributed by atoms with van der Waals surface area (Å²) in [4.78, 5) is 39.2. The van der Waals surface area contributed by atoms with Crippen LogP contribution in [0, 0.1) is 0 Å². The lowest BCUT2D eigenvalue weighted by Gasteiger charge is -2.15. The van der Waals surface area contributed by atoms with Gasteiger partial charge in [-0.25, -0.2) is 9.78 Å². The monoisotopic (exact) mass is 457 g/mol. The number of pyridine rings is 1. The molecule has 2 rings (SSSR count). The number of nitrogens with one attached hydrogen (secondary N) is 1. The van der Waals surface area contributed by atoms with Gasteiger partial charge in [0.05, 0.1) is 29.8 Å². The van der Waals surface area contributed by atoms with Gasteiger partial charge in [-0.15, -0.1) is 0 Å². The topological polar surface area (TPSA) is 139 Å². The first-order chi connectivity index (χ1) is 14.2. The predicted molar refractivity (Wildman–Crippen MR) is 107 cm³/mol. The first-order valence-electron chi connectivity index (χ1n) is 8.20. The van der Waals surface area contributed by atoms with E-state index in [1.807, 2.05) is 0 Å². The normalized spacial score (nSPS) is 10.1. The third-order valence-corrected chi connectivity index (χ3v) is 3.95. The third kappa shape index (κ3) is 6.13. The second-order valence-electron chi connectivity index (χ2n) is 5.57. The summed E-state index contributed by atoms with van der Waals surface area (Å²) in [5.41, 5.74) is 5.08. The van der Waals surface area contributed by atoms with Crippen LogP contribution in [0.15, 0.2) is 24.4 Å². The lowest BCUT2D eigenvalue weighted by atomic mass is 10.2. The Balaban J connectivity index is 2.08. The Hall–Kier alpha value is -3.24. The van der Waals surface area contributed by atoms with Gasteiger partial charge in [0.25, 0.3) is 11.8 Å². The maximum absolute atomic E-state index is 12.3. The van der Waals surface area contributed by atoms with Crippen LogP contribution in [0.25, 0.3) is 0 Å². The largest absolute Gasteiger partial charge is 0.493 e. The van der Waals surface area contributed by atoms with Gasteiger partial charge in [0, 0.05) is 6.20 Å². The minimum Gasteiger partial charge on any atom is -0.493 e. The molecular weight excluding hydrogens is 441 g/mol. The van der Waals surface area contributed by atoms with Gasteiger partial charge in [0.2, 0.25) is 5.75 Å². The first-order valence-corrected chi connectivity index (χ1v) is 8.95. The average Bonchev–Trinajstić information content (AvgIpc) is 2.71. The molecule has 0 saturated heterocycles. The minimum absolute atomic E-state index is 0.0191. The van der Waals surface area contributed by atoms with Gasteiger partial charge in [-0.1, -0.05) is 23.2 Å². The van der Waals surface area contributed by atoms with Crippen molar-refractivity contribution in [2.45, 2.75) is 0 Å². The number of aromatic nitrogens is 1. The lowest BCUT2D eigenvalue weighted by molar-refractivity contribution is -0.120. The maximum Gasteiger partial charge on any atom is 0.338 e. The number of carbonyl (C=O) groups excluding carboxylic acids is 3. The molecule has 0 bridgehead atoms. The highest BCUT2D eigenvalue weighted by Gasteiger charge is 2.20. The molecule has 0 spiro atoms. The number of amides is 2. The number of halogens is 2. The summed E-state index contributed by atoms with van der Waals surface area (Å²) in [6.07, 6.45) is 1.30. The Morgan fingerprint density at radius 1 is 1.07 bits per heavy atom. The van der Waals surface area contributed by atoms with Crippen LogP contribution in [0.1, 0.15) is 10.4 Å². The molecule has 2 aromatic rings. The van der Waals surface area contributed by atoms with Crippen molar-refractivity contribution in [3.63, 3.8) is 0 Å². The Kier molecular flexibility index (Phi) is 8.07. The van der Waals surface area contributed by atoms with Crippen molar-refractivity contribution < 1.29 is 33.3 Å². The van der Waals surface area contributed by atoms with Gasteiger partial charge >= 0.3 is 5.97 Å². The number of carbonyl (C=O) groups is 3. The molecule has 3 N–H and O–H groups in total. The van der Waals surface area contributed by atoms with Crippen molar-refractivity contribution in [1.29, 1.82) is 0 Å². The Labute approximate surface area is 181 Å². The van der Waals surface area contributed by atoms with Crippen LogP contribution in [-0.4, -0.2) is 50.2 Å². The molecule has 0 fully saturated rings. The summed E-state index contributed by atoms with van der Waals surface area (Å²) in [7, 11) is 2.66. The number of benzene rings is 1. The quantitative estimate of drug-likeness (QED) is 0.545. The van der Waals surface area contributed by atoms with Crippen molar-refractivity contribution in [3.05, 3.63) is 40.0 Å². The molecule has 0 aliphatic rings. The molecule has 12 heteroatoms. The number of hydrogen-bond acceptors (Lipinski definition) is 8. The Morgan fingerprint density at radius 2 is 1.70 bits per heavy atom. The molecule has 0 aliphatic carbocycles. The zero-order chi connectivity index (χ0) is 22.3. The van der Waals surface area contributed by atoms with Crippen LogP contribution < -0.4 is 25.3 Å². The molecule has 0 atom stereocenters. The van der Waals surface area contributed by atoms with Crippen molar-refractivity contribution in [1.82, 2.24) is 4.98 Å². The molecule has 1 aromatic carbocycles. The smallest absolute Gasteiger partial charge is 0.338 e. The molecule has 0 saturated carbocycles. The van der Waals surface area contributed by atoms with Gasteiger partial charge in [-0.05, 0) is 18.2 Å². The van der Waals surface area contributed by atoms with E-state index in [2.05, 4.69) is 10.3 Å². The highest BCUT2D eigenvalue weighted by Crippen LogP contribution is 2.38. The fourth-order valence-electron chi connectivity index (χ4n) is 2.17. The van der Waals surface area contributed by atoms with Crippen molar-refractivity contribution >= 4 is 46.8 Å². The Bertz CT molecular complexity index is 944. The summed E-state index contributed by atoms with van der Waals surface area (Å²) < 4.78 is 20.6. The fourth-order valence-corrected chi connectivity index (χ4v) is 2.60. The molecule has 10 nitrogen and oxygen atoms in total. The van der Waals surface area contributed by atoms with E-state index < -0.39 is 31.0 Å².